The number of allylic oxidation sites excluding steroid dienone is 4. The van der Waals surface area contributed by atoms with Gasteiger partial charge < -0.3 is 4.57 Å². The van der Waals surface area contributed by atoms with Crippen LogP contribution >= 0.6 is 0 Å². The normalized spacial score (nSPS) is 14.4. The van der Waals surface area contributed by atoms with Crippen molar-refractivity contribution >= 4 is 22.2 Å². The molecule has 2 nitrogen and oxygen atoms in total. The fourth-order valence-corrected chi connectivity index (χ4v) is 3.20. The lowest BCUT2D eigenvalue weighted by atomic mass is 10.0. The zero-order chi connectivity index (χ0) is 15.8. The van der Waals surface area contributed by atoms with Crippen LogP contribution in [0, 0.1) is 0 Å². The Labute approximate surface area is 136 Å². The number of aromatic nitrogens is 2. The zero-order valence-corrected chi connectivity index (χ0v) is 13.5. The predicted octanol–water partition coefficient (Wildman–Crippen LogP) is 5.49. The van der Waals surface area contributed by atoms with Gasteiger partial charge >= 0.3 is 0 Å². The van der Waals surface area contributed by atoms with Gasteiger partial charge in [-0.3, -0.25) is 0 Å². The van der Waals surface area contributed by atoms with Gasteiger partial charge in [-0.1, -0.05) is 48.6 Å². The molecule has 0 atom stereocenters. The maximum absolute atomic E-state index is 4.57. The van der Waals surface area contributed by atoms with Crippen molar-refractivity contribution in [2.75, 3.05) is 0 Å². The molecule has 0 bridgehead atoms. The van der Waals surface area contributed by atoms with E-state index in [0.29, 0.717) is 6.04 Å². The quantitative estimate of drug-likeness (QED) is 0.625. The molecule has 4 rings (SSSR count). The molecular formula is C21H20N2. The first-order valence-corrected chi connectivity index (χ1v) is 8.15. The van der Waals surface area contributed by atoms with E-state index in [-0.39, 0.29) is 0 Å². The van der Waals surface area contributed by atoms with Crippen molar-refractivity contribution in [1.82, 2.24) is 9.55 Å². The van der Waals surface area contributed by atoms with Crippen molar-refractivity contribution in [2.45, 2.75) is 26.3 Å². The van der Waals surface area contributed by atoms with Crippen LogP contribution in [0.1, 0.15) is 37.4 Å². The van der Waals surface area contributed by atoms with E-state index in [4.69, 9.17) is 0 Å². The lowest BCUT2D eigenvalue weighted by Crippen LogP contribution is -1.97. The summed E-state index contributed by atoms with van der Waals surface area (Å²) in [6, 6.07) is 17.6. The summed E-state index contributed by atoms with van der Waals surface area (Å²) < 4.78 is 2.22. The highest BCUT2D eigenvalue weighted by Gasteiger charge is 2.12. The molecule has 1 aliphatic rings. The highest BCUT2D eigenvalue weighted by molar-refractivity contribution is 5.91. The van der Waals surface area contributed by atoms with Crippen molar-refractivity contribution in [3.8, 4) is 0 Å². The van der Waals surface area contributed by atoms with Crippen LogP contribution in [0.3, 0.4) is 0 Å². The molecule has 0 aliphatic heterocycles. The third kappa shape index (κ3) is 2.50. The number of hydrogen-bond acceptors (Lipinski definition) is 1. The van der Waals surface area contributed by atoms with E-state index >= 15 is 0 Å². The van der Waals surface area contributed by atoms with Gasteiger partial charge in [-0.05, 0) is 54.7 Å². The third-order valence-electron chi connectivity index (χ3n) is 4.48. The van der Waals surface area contributed by atoms with Crippen LogP contribution in [0.15, 0.2) is 67.0 Å². The molecule has 23 heavy (non-hydrogen) atoms. The number of benzene rings is 2. The summed E-state index contributed by atoms with van der Waals surface area (Å²) in [7, 11) is 0. The molecule has 0 amide bonds. The fourth-order valence-electron chi connectivity index (χ4n) is 3.20. The van der Waals surface area contributed by atoms with Crippen LogP contribution in [0.2, 0.25) is 0 Å². The second kappa shape index (κ2) is 5.54. The Morgan fingerprint density at radius 1 is 1.00 bits per heavy atom. The van der Waals surface area contributed by atoms with E-state index in [1.807, 2.05) is 6.33 Å². The van der Waals surface area contributed by atoms with Crippen LogP contribution in [-0.2, 0) is 0 Å². The van der Waals surface area contributed by atoms with E-state index in [2.05, 4.69) is 84.1 Å². The Balaban J connectivity index is 1.68. The van der Waals surface area contributed by atoms with Gasteiger partial charge in [0.25, 0.3) is 0 Å². The number of nitrogens with zero attached hydrogens (tertiary/aromatic N) is 2. The van der Waals surface area contributed by atoms with Crippen molar-refractivity contribution in [1.29, 1.82) is 0 Å². The molecule has 0 N–H and O–H groups in total. The van der Waals surface area contributed by atoms with E-state index in [0.717, 1.165) is 11.9 Å². The predicted molar refractivity (Wildman–Crippen MR) is 97.1 cm³/mol. The van der Waals surface area contributed by atoms with Gasteiger partial charge in [0.05, 0.1) is 17.4 Å². The molecule has 2 aromatic carbocycles. The minimum absolute atomic E-state index is 0.433. The lowest BCUT2D eigenvalue weighted by Gasteiger charge is -2.08. The van der Waals surface area contributed by atoms with Gasteiger partial charge in [-0.25, -0.2) is 4.98 Å². The summed E-state index contributed by atoms with van der Waals surface area (Å²) in [6.45, 7) is 4.37. The van der Waals surface area contributed by atoms with E-state index in [1.165, 1.54) is 27.8 Å². The molecule has 114 valence electrons. The Morgan fingerprint density at radius 3 is 2.61 bits per heavy atom. The SMILES string of the molecule is CC(C)n1cnc2cc(C3=CC(c4ccccc4)=CC3)ccc21. The van der Waals surface area contributed by atoms with Gasteiger partial charge in [-0.15, -0.1) is 0 Å². The van der Waals surface area contributed by atoms with Crippen LogP contribution in [0.25, 0.3) is 22.2 Å². The Hall–Kier alpha value is -2.61. The maximum Gasteiger partial charge on any atom is 0.0960 e. The van der Waals surface area contributed by atoms with Crippen molar-refractivity contribution in [3.63, 3.8) is 0 Å². The van der Waals surface area contributed by atoms with Gasteiger partial charge in [0.2, 0.25) is 0 Å². The molecule has 1 aromatic heterocycles. The number of hydrogen-bond donors (Lipinski definition) is 0. The molecule has 0 fully saturated rings. The maximum atomic E-state index is 4.57. The zero-order valence-electron chi connectivity index (χ0n) is 13.5. The van der Waals surface area contributed by atoms with Crippen molar-refractivity contribution < 1.29 is 0 Å². The minimum Gasteiger partial charge on any atom is -0.328 e. The standard InChI is InChI=1S/C21H20N2/c1-15(2)23-14-22-20-13-19(10-11-21(20)23)18-9-8-17(12-18)16-6-4-3-5-7-16/h3-8,10-15H,9H2,1-2H3. The summed E-state index contributed by atoms with van der Waals surface area (Å²) in [4.78, 5) is 4.57. The second-order valence-electron chi connectivity index (χ2n) is 6.35. The topological polar surface area (TPSA) is 17.8 Å². The summed E-state index contributed by atoms with van der Waals surface area (Å²) in [5, 5.41) is 0. The second-order valence-corrected chi connectivity index (χ2v) is 6.35. The minimum atomic E-state index is 0.433. The Morgan fingerprint density at radius 2 is 1.83 bits per heavy atom. The molecule has 0 saturated heterocycles. The smallest absolute Gasteiger partial charge is 0.0960 e. The van der Waals surface area contributed by atoms with E-state index in [1.54, 1.807) is 0 Å². The van der Waals surface area contributed by atoms with Crippen LogP contribution in [0.5, 0.6) is 0 Å². The van der Waals surface area contributed by atoms with Gasteiger partial charge in [0.15, 0.2) is 0 Å². The first kappa shape index (κ1) is 14.0. The average molecular weight is 300 g/mol. The molecule has 1 heterocycles. The molecule has 0 saturated carbocycles. The highest BCUT2D eigenvalue weighted by atomic mass is 15.1. The van der Waals surface area contributed by atoms with Crippen LogP contribution in [-0.4, -0.2) is 9.55 Å². The highest BCUT2D eigenvalue weighted by Crippen LogP contribution is 2.33. The van der Waals surface area contributed by atoms with E-state index < -0.39 is 0 Å². The molecule has 0 radical (unpaired) electrons. The molecule has 0 spiro atoms. The third-order valence-corrected chi connectivity index (χ3v) is 4.48. The average Bonchev–Trinajstić information content (AvgIpc) is 3.22. The van der Waals surface area contributed by atoms with Crippen LogP contribution < -0.4 is 0 Å². The largest absolute Gasteiger partial charge is 0.328 e. The van der Waals surface area contributed by atoms with Crippen LogP contribution in [0.4, 0.5) is 0 Å². The number of fused-ring (bicyclic) bond motifs is 1. The molecule has 2 heteroatoms. The van der Waals surface area contributed by atoms with Crippen molar-refractivity contribution in [2.24, 2.45) is 0 Å². The summed E-state index contributed by atoms with van der Waals surface area (Å²) in [5.74, 6) is 0. The number of imidazole rings is 1. The lowest BCUT2D eigenvalue weighted by molar-refractivity contribution is 0.617. The summed E-state index contributed by atoms with van der Waals surface area (Å²) >= 11 is 0. The monoisotopic (exact) mass is 300 g/mol. The number of rotatable bonds is 3. The first-order valence-electron chi connectivity index (χ1n) is 8.15. The Bertz CT molecular complexity index is 911. The van der Waals surface area contributed by atoms with Crippen molar-refractivity contribution in [3.05, 3.63) is 78.1 Å². The van der Waals surface area contributed by atoms with Gasteiger partial charge in [0, 0.05) is 6.04 Å². The summed E-state index contributed by atoms with van der Waals surface area (Å²) in [6.07, 6.45) is 7.54. The molecule has 1 aliphatic carbocycles. The molecule has 3 aromatic rings. The Kier molecular flexibility index (Phi) is 3.38. The van der Waals surface area contributed by atoms with E-state index in [9.17, 15) is 0 Å². The van der Waals surface area contributed by atoms with Gasteiger partial charge in [0.1, 0.15) is 0 Å². The first-order chi connectivity index (χ1) is 11.2. The molecular weight excluding hydrogens is 280 g/mol. The van der Waals surface area contributed by atoms with Gasteiger partial charge in [-0.2, -0.15) is 0 Å². The summed E-state index contributed by atoms with van der Waals surface area (Å²) in [5.41, 5.74) is 7.52. The molecule has 0 unspecified atom stereocenters. The fraction of sp³-hybridized carbons (Fsp3) is 0.190.